The van der Waals surface area contributed by atoms with Gasteiger partial charge >= 0.3 is 0 Å². The van der Waals surface area contributed by atoms with Crippen molar-refractivity contribution in [1.82, 2.24) is 5.73 Å². The minimum absolute atomic E-state index is 0.00858. The zero-order chi connectivity index (χ0) is 29.4. The van der Waals surface area contributed by atoms with Crippen LogP contribution in [-0.4, -0.2) is 36.0 Å². The highest BCUT2D eigenvalue weighted by Crippen LogP contribution is 2.48. The van der Waals surface area contributed by atoms with Crippen LogP contribution in [0.15, 0.2) is 90.9 Å². The summed E-state index contributed by atoms with van der Waals surface area (Å²) in [6, 6.07) is 11.6. The van der Waals surface area contributed by atoms with Gasteiger partial charge in [-0.15, -0.1) is 10.2 Å². The Balaban J connectivity index is 1.98. The van der Waals surface area contributed by atoms with Crippen LogP contribution in [0, 0.1) is 10.1 Å². The molecule has 0 spiro atoms. The molecule has 4 aromatic rings. The molecule has 16 nitrogen and oxygen atoms in total. The van der Waals surface area contributed by atoms with E-state index < -0.39 is 57.8 Å². The fourth-order valence-corrected chi connectivity index (χ4v) is 4.82. The summed E-state index contributed by atoms with van der Waals surface area (Å²) >= 11 is 0. The van der Waals surface area contributed by atoms with Crippen molar-refractivity contribution in [1.29, 1.82) is 0 Å². The number of azo groups is 2. The number of benzene rings is 4. The molecule has 0 bridgehead atoms. The van der Waals surface area contributed by atoms with Crippen molar-refractivity contribution in [3.05, 3.63) is 70.8 Å². The third-order valence-corrected chi connectivity index (χ3v) is 7.06. The maximum absolute atomic E-state index is 12.1. The first kappa shape index (κ1) is 28.0. The molecule has 0 atom stereocenters. The standard InChI is InChI=1S/C22H16N7O9S2/c23-12-1-3-13(4-2-12)25-27-20-16(39(33,34)35)9-11-10-17(40(36,37)38)21(22(30)18(11)19(20)24)28-26-14-5-7-15(8-6-14)29(31)32/h1-10,23,30H,24H2,(H,33,34,35)(H,36,37,38). The first-order valence-corrected chi connectivity index (χ1v) is 13.5. The summed E-state index contributed by atoms with van der Waals surface area (Å²) in [5.41, 5.74) is 11.8. The molecule has 0 aliphatic rings. The molecule has 0 fully saturated rings. The maximum Gasteiger partial charge on any atom is 0.296 e. The van der Waals surface area contributed by atoms with Crippen molar-refractivity contribution in [3.8, 4) is 5.75 Å². The van der Waals surface area contributed by atoms with Gasteiger partial charge in [0.05, 0.1) is 33.1 Å². The summed E-state index contributed by atoms with van der Waals surface area (Å²) in [5, 5.41) is 36.2. The molecule has 40 heavy (non-hydrogen) atoms. The van der Waals surface area contributed by atoms with Crippen LogP contribution in [0.4, 0.5) is 39.8 Å². The van der Waals surface area contributed by atoms with E-state index in [1.165, 1.54) is 36.4 Å². The topological polar surface area (TPSA) is 271 Å². The molecule has 0 saturated heterocycles. The number of phenolic OH excluding ortho intramolecular Hbond substituents is 1. The first-order valence-electron chi connectivity index (χ1n) is 10.6. The first-order chi connectivity index (χ1) is 18.7. The summed E-state index contributed by atoms with van der Waals surface area (Å²) in [5.74, 6) is -0.954. The Morgan fingerprint density at radius 2 is 1.23 bits per heavy atom. The van der Waals surface area contributed by atoms with E-state index in [2.05, 4.69) is 20.5 Å². The number of hydrogen-bond acceptors (Lipinski definition) is 12. The predicted octanol–water partition coefficient (Wildman–Crippen LogP) is 5.27. The second kappa shape index (κ2) is 10.3. The number of nitrogens with one attached hydrogen (secondary N) is 1. The zero-order valence-electron chi connectivity index (χ0n) is 19.7. The van der Waals surface area contributed by atoms with Gasteiger partial charge < -0.3 is 16.6 Å². The molecule has 0 amide bonds. The number of fused-ring (bicyclic) bond motifs is 1. The number of nitrogens with two attached hydrogens (primary N) is 1. The van der Waals surface area contributed by atoms with E-state index in [1.54, 1.807) is 0 Å². The van der Waals surface area contributed by atoms with E-state index in [9.17, 15) is 41.2 Å². The number of nitro benzene ring substituents is 1. The Morgan fingerprint density at radius 3 is 1.70 bits per heavy atom. The molecule has 0 aliphatic carbocycles. The summed E-state index contributed by atoms with van der Waals surface area (Å²) < 4.78 is 68.1. The lowest BCUT2D eigenvalue weighted by molar-refractivity contribution is -0.384. The van der Waals surface area contributed by atoms with Crippen LogP contribution in [0.3, 0.4) is 0 Å². The number of non-ortho nitro benzene ring substituents is 1. The average Bonchev–Trinajstić information content (AvgIpc) is 2.87. The second-order valence-corrected chi connectivity index (χ2v) is 10.8. The number of nitro groups is 1. The molecule has 1 radical (unpaired) electrons. The molecule has 0 heterocycles. The van der Waals surface area contributed by atoms with Crippen LogP contribution in [0.2, 0.25) is 0 Å². The number of phenols is 1. The van der Waals surface area contributed by atoms with E-state index in [1.807, 2.05) is 0 Å². The highest BCUT2D eigenvalue weighted by molar-refractivity contribution is 7.86. The van der Waals surface area contributed by atoms with E-state index in [4.69, 9.17) is 11.5 Å². The van der Waals surface area contributed by atoms with Crippen LogP contribution in [0.5, 0.6) is 5.75 Å². The Hall–Kier alpha value is -5.04. The fraction of sp³-hybridized carbons (Fsp3) is 0. The maximum atomic E-state index is 12.1. The lowest BCUT2D eigenvalue weighted by atomic mass is 10.1. The van der Waals surface area contributed by atoms with Gasteiger partial charge in [0, 0.05) is 12.1 Å². The van der Waals surface area contributed by atoms with Crippen molar-refractivity contribution in [3.63, 3.8) is 0 Å². The van der Waals surface area contributed by atoms with Crippen LogP contribution < -0.4 is 11.5 Å². The van der Waals surface area contributed by atoms with E-state index in [-0.39, 0.29) is 33.5 Å². The van der Waals surface area contributed by atoms with Gasteiger partial charge in [-0.3, -0.25) is 19.2 Å². The van der Waals surface area contributed by atoms with Gasteiger partial charge in [-0.05, 0) is 53.9 Å². The van der Waals surface area contributed by atoms with Crippen LogP contribution in [-0.2, 0) is 20.2 Å². The third-order valence-electron chi connectivity index (χ3n) is 5.33. The summed E-state index contributed by atoms with van der Waals surface area (Å²) in [6.45, 7) is 0. The highest BCUT2D eigenvalue weighted by atomic mass is 32.2. The van der Waals surface area contributed by atoms with Crippen molar-refractivity contribution in [2.24, 2.45) is 20.5 Å². The average molecular weight is 587 g/mol. The molecule has 0 unspecified atom stereocenters. The molecule has 0 aromatic heterocycles. The molecular weight excluding hydrogens is 570 g/mol. The molecule has 4 rings (SSSR count). The minimum atomic E-state index is -5.10. The lowest BCUT2D eigenvalue weighted by Crippen LogP contribution is -2.03. The van der Waals surface area contributed by atoms with E-state index in [0.29, 0.717) is 0 Å². The van der Waals surface area contributed by atoms with Crippen LogP contribution >= 0.6 is 0 Å². The quantitative estimate of drug-likeness (QED) is 0.0715. The van der Waals surface area contributed by atoms with Crippen molar-refractivity contribution < 1.29 is 36.0 Å². The number of rotatable bonds is 7. The molecule has 18 heteroatoms. The molecular formula is C22H16N7O9S2. The SMILES string of the molecule is [NH]c1ccc(N=Nc2c(S(=O)(=O)O)cc3cc(S(=O)(=O)O)c(N=Nc4ccc([N+](=O)[O-])cc4)c(O)c3c2N)cc1. The van der Waals surface area contributed by atoms with Crippen molar-refractivity contribution in [2.45, 2.75) is 9.79 Å². The Labute approximate surface area is 225 Å². The van der Waals surface area contributed by atoms with Crippen LogP contribution in [0.1, 0.15) is 0 Å². The van der Waals surface area contributed by atoms with Crippen molar-refractivity contribution in [2.75, 3.05) is 5.73 Å². The summed E-state index contributed by atoms with van der Waals surface area (Å²) in [4.78, 5) is 8.30. The van der Waals surface area contributed by atoms with Gasteiger partial charge in [0.1, 0.15) is 21.2 Å². The van der Waals surface area contributed by atoms with Gasteiger partial charge in [-0.1, -0.05) is 0 Å². The second-order valence-electron chi connectivity index (χ2n) is 7.98. The van der Waals surface area contributed by atoms with Gasteiger partial charge in [0.25, 0.3) is 25.9 Å². The Kier molecular flexibility index (Phi) is 7.18. The zero-order valence-corrected chi connectivity index (χ0v) is 21.3. The normalized spacial score (nSPS) is 12.4. The number of nitrogens with zero attached hydrogens (tertiary/aromatic N) is 5. The molecule has 4 aromatic carbocycles. The Bertz CT molecular complexity index is 1940. The largest absolute Gasteiger partial charge is 0.505 e. The van der Waals surface area contributed by atoms with Crippen molar-refractivity contribution >= 4 is 70.8 Å². The molecule has 0 aliphatic heterocycles. The number of nitrogen functional groups attached to an aromatic ring is 1. The van der Waals surface area contributed by atoms with E-state index >= 15 is 0 Å². The third kappa shape index (κ3) is 5.68. The monoisotopic (exact) mass is 586 g/mol. The molecule has 205 valence electrons. The molecule has 6 N–H and O–H groups in total. The van der Waals surface area contributed by atoms with Crippen LogP contribution in [0.25, 0.3) is 10.8 Å². The number of aromatic hydroxyl groups is 1. The fourth-order valence-electron chi connectivity index (χ4n) is 3.49. The van der Waals surface area contributed by atoms with Gasteiger partial charge in [-0.25, -0.2) is 0 Å². The summed E-state index contributed by atoms with van der Waals surface area (Å²) in [7, 11) is -10.1. The smallest absolute Gasteiger partial charge is 0.296 e. The van der Waals surface area contributed by atoms with E-state index in [0.717, 1.165) is 24.3 Å². The van der Waals surface area contributed by atoms with Gasteiger partial charge in [-0.2, -0.15) is 27.1 Å². The number of hydrogen-bond donors (Lipinski definition) is 4. The molecule has 0 saturated carbocycles. The minimum Gasteiger partial charge on any atom is -0.505 e. The number of anilines is 1. The Morgan fingerprint density at radius 1 is 0.775 bits per heavy atom. The van der Waals surface area contributed by atoms with Gasteiger partial charge in [0.2, 0.25) is 0 Å². The highest BCUT2D eigenvalue weighted by Gasteiger charge is 2.28. The lowest BCUT2D eigenvalue weighted by Gasteiger charge is -2.14. The predicted molar refractivity (Wildman–Crippen MR) is 140 cm³/mol. The van der Waals surface area contributed by atoms with Gasteiger partial charge in [0.15, 0.2) is 5.75 Å². The summed E-state index contributed by atoms with van der Waals surface area (Å²) in [6.07, 6.45) is 0.